The van der Waals surface area contributed by atoms with Crippen LogP contribution in [0.2, 0.25) is 0 Å². The molecule has 0 fully saturated rings. The van der Waals surface area contributed by atoms with E-state index in [1.807, 2.05) is 6.07 Å². The van der Waals surface area contributed by atoms with E-state index in [1.165, 1.54) is 6.33 Å². The zero-order valence-electron chi connectivity index (χ0n) is 8.44. The average Bonchev–Trinajstić information content (AvgIpc) is 2.79. The number of aromatic nitrogens is 5. The summed E-state index contributed by atoms with van der Waals surface area (Å²) in [4.78, 5) is 12.2. The number of aryl methyl sites for hydroxylation is 1. The van der Waals surface area contributed by atoms with E-state index in [4.69, 9.17) is 0 Å². The van der Waals surface area contributed by atoms with Gasteiger partial charge in [-0.2, -0.15) is 5.10 Å². The lowest BCUT2D eigenvalue weighted by atomic mass is 10.3. The van der Waals surface area contributed by atoms with E-state index in [0.717, 1.165) is 23.8 Å². The topological polar surface area (TPSA) is 79.4 Å². The van der Waals surface area contributed by atoms with E-state index in [0.29, 0.717) is 6.54 Å². The molecule has 0 saturated carbocycles. The van der Waals surface area contributed by atoms with Crippen molar-refractivity contribution in [3.63, 3.8) is 0 Å². The van der Waals surface area contributed by atoms with Crippen molar-refractivity contribution in [2.75, 3.05) is 5.32 Å². The third-order valence-electron chi connectivity index (χ3n) is 1.99. The van der Waals surface area contributed by atoms with Gasteiger partial charge in [-0.3, -0.25) is 5.10 Å². The Kier molecular flexibility index (Phi) is 2.87. The Morgan fingerprint density at radius 2 is 2.20 bits per heavy atom. The van der Waals surface area contributed by atoms with E-state index in [2.05, 4.69) is 37.4 Å². The molecule has 6 nitrogen and oxygen atoms in total. The quantitative estimate of drug-likeness (QED) is 0.769. The zero-order chi connectivity index (χ0) is 10.5. The Hall–Kier alpha value is -1.98. The molecule has 2 N–H and O–H groups in total. The number of anilines is 1. The number of hydrogen-bond acceptors (Lipinski definition) is 5. The second kappa shape index (κ2) is 4.50. The van der Waals surface area contributed by atoms with E-state index in [1.54, 1.807) is 6.33 Å². The molecule has 0 aliphatic carbocycles. The second-order valence-electron chi connectivity index (χ2n) is 3.03. The average molecular weight is 204 g/mol. The number of nitrogens with zero attached hydrogens (tertiary/aromatic N) is 4. The highest BCUT2D eigenvalue weighted by Gasteiger charge is 1.98. The van der Waals surface area contributed by atoms with Crippen LogP contribution in [0.25, 0.3) is 0 Å². The molecule has 0 aromatic carbocycles. The molecule has 2 rings (SSSR count). The smallest absolute Gasteiger partial charge is 0.143 e. The summed E-state index contributed by atoms with van der Waals surface area (Å²) in [5.74, 6) is 1.59. The van der Waals surface area contributed by atoms with Crippen LogP contribution < -0.4 is 5.32 Å². The highest BCUT2D eigenvalue weighted by molar-refractivity contribution is 5.34. The predicted molar refractivity (Wildman–Crippen MR) is 55.1 cm³/mol. The molecule has 0 spiro atoms. The van der Waals surface area contributed by atoms with Crippen LogP contribution in [0.5, 0.6) is 0 Å². The molecular weight excluding hydrogens is 192 g/mol. The van der Waals surface area contributed by atoms with Crippen LogP contribution in [0, 0.1) is 0 Å². The second-order valence-corrected chi connectivity index (χ2v) is 3.03. The molecule has 0 aliphatic heterocycles. The normalized spacial score (nSPS) is 10.2. The van der Waals surface area contributed by atoms with Crippen LogP contribution in [-0.4, -0.2) is 25.1 Å². The summed E-state index contributed by atoms with van der Waals surface area (Å²) in [7, 11) is 0. The molecular formula is C9H12N6. The maximum atomic E-state index is 4.12. The molecule has 0 radical (unpaired) electrons. The van der Waals surface area contributed by atoms with Crippen molar-refractivity contribution in [3.8, 4) is 0 Å². The third-order valence-corrected chi connectivity index (χ3v) is 1.99. The lowest BCUT2D eigenvalue weighted by Gasteiger charge is -2.03. The van der Waals surface area contributed by atoms with E-state index < -0.39 is 0 Å². The van der Waals surface area contributed by atoms with Gasteiger partial charge >= 0.3 is 0 Å². The maximum Gasteiger partial charge on any atom is 0.143 e. The van der Waals surface area contributed by atoms with Gasteiger partial charge in [0.05, 0.1) is 6.54 Å². The lowest BCUT2D eigenvalue weighted by molar-refractivity contribution is 0.935. The summed E-state index contributed by atoms with van der Waals surface area (Å²) in [5.41, 5.74) is 1.02. The van der Waals surface area contributed by atoms with Gasteiger partial charge in [-0.1, -0.05) is 6.92 Å². The number of hydrogen-bond donors (Lipinski definition) is 2. The molecule has 0 saturated heterocycles. The summed E-state index contributed by atoms with van der Waals surface area (Å²) in [5, 5.41) is 9.67. The van der Waals surface area contributed by atoms with Crippen molar-refractivity contribution in [1.82, 2.24) is 25.1 Å². The van der Waals surface area contributed by atoms with Crippen molar-refractivity contribution in [3.05, 3.63) is 30.2 Å². The van der Waals surface area contributed by atoms with Crippen LogP contribution in [-0.2, 0) is 13.0 Å². The van der Waals surface area contributed by atoms with Gasteiger partial charge in [0.2, 0.25) is 0 Å². The number of H-pyrrole nitrogens is 1. The zero-order valence-corrected chi connectivity index (χ0v) is 8.44. The molecule has 2 aromatic heterocycles. The molecule has 15 heavy (non-hydrogen) atoms. The van der Waals surface area contributed by atoms with Gasteiger partial charge in [0.1, 0.15) is 24.3 Å². The highest BCUT2D eigenvalue weighted by atomic mass is 15.2. The van der Waals surface area contributed by atoms with E-state index >= 15 is 0 Å². The number of rotatable bonds is 4. The Balaban J connectivity index is 1.98. The van der Waals surface area contributed by atoms with Crippen LogP contribution >= 0.6 is 0 Å². The van der Waals surface area contributed by atoms with Crippen LogP contribution in [0.15, 0.2) is 18.7 Å². The molecule has 2 heterocycles. The fourth-order valence-electron chi connectivity index (χ4n) is 1.18. The summed E-state index contributed by atoms with van der Waals surface area (Å²) in [6, 6.07) is 1.93. The van der Waals surface area contributed by atoms with Crippen LogP contribution in [0.4, 0.5) is 5.82 Å². The molecule has 0 amide bonds. The summed E-state index contributed by atoms with van der Waals surface area (Å²) in [6.07, 6.45) is 3.94. The number of aromatic amines is 1. The first kappa shape index (κ1) is 9.57. The fourth-order valence-corrected chi connectivity index (χ4v) is 1.18. The predicted octanol–water partition coefficient (Wildman–Crippen LogP) is 0.769. The minimum Gasteiger partial charge on any atom is -0.363 e. The Labute approximate surface area is 87.2 Å². The van der Waals surface area contributed by atoms with Gasteiger partial charge in [0, 0.05) is 11.8 Å². The van der Waals surface area contributed by atoms with Crippen molar-refractivity contribution < 1.29 is 0 Å². The Morgan fingerprint density at radius 1 is 1.27 bits per heavy atom. The van der Waals surface area contributed by atoms with E-state index in [9.17, 15) is 0 Å². The van der Waals surface area contributed by atoms with Gasteiger partial charge in [-0.25, -0.2) is 15.0 Å². The van der Waals surface area contributed by atoms with Gasteiger partial charge in [0.25, 0.3) is 0 Å². The van der Waals surface area contributed by atoms with Gasteiger partial charge in [-0.05, 0) is 6.42 Å². The van der Waals surface area contributed by atoms with Gasteiger partial charge in [-0.15, -0.1) is 0 Å². The van der Waals surface area contributed by atoms with E-state index in [-0.39, 0.29) is 0 Å². The molecule has 0 bridgehead atoms. The first-order chi connectivity index (χ1) is 7.38. The van der Waals surface area contributed by atoms with Crippen LogP contribution in [0.1, 0.15) is 18.4 Å². The Morgan fingerprint density at radius 3 is 2.93 bits per heavy atom. The Bertz CT molecular complexity index is 410. The summed E-state index contributed by atoms with van der Waals surface area (Å²) < 4.78 is 0. The molecule has 2 aromatic rings. The monoisotopic (exact) mass is 204 g/mol. The summed E-state index contributed by atoms with van der Waals surface area (Å²) >= 11 is 0. The van der Waals surface area contributed by atoms with Gasteiger partial charge < -0.3 is 5.32 Å². The molecule has 0 aliphatic rings. The number of nitrogens with one attached hydrogen (secondary N) is 2. The SMILES string of the molecule is CCc1cc(NCc2ncn[nH]2)ncn1. The minimum absolute atomic E-state index is 0.583. The molecule has 6 heteroatoms. The van der Waals surface area contributed by atoms with Gasteiger partial charge in [0.15, 0.2) is 0 Å². The molecule has 0 unspecified atom stereocenters. The molecule has 78 valence electrons. The third kappa shape index (κ3) is 2.49. The van der Waals surface area contributed by atoms with Crippen LogP contribution in [0.3, 0.4) is 0 Å². The van der Waals surface area contributed by atoms with Crippen molar-refractivity contribution >= 4 is 5.82 Å². The molecule has 0 atom stereocenters. The van der Waals surface area contributed by atoms with Crippen molar-refractivity contribution in [2.45, 2.75) is 19.9 Å². The standard InChI is InChI=1S/C9H12N6/c1-2-7-3-8(12-5-11-7)10-4-9-13-6-14-15-9/h3,5-6H,2,4H2,1H3,(H,10,11,12)(H,13,14,15). The minimum atomic E-state index is 0.583. The first-order valence-corrected chi connectivity index (χ1v) is 4.77. The fraction of sp³-hybridized carbons (Fsp3) is 0.333. The van der Waals surface area contributed by atoms with Crippen molar-refractivity contribution in [2.24, 2.45) is 0 Å². The highest BCUT2D eigenvalue weighted by Crippen LogP contribution is 2.05. The largest absolute Gasteiger partial charge is 0.363 e. The lowest BCUT2D eigenvalue weighted by Crippen LogP contribution is -2.04. The first-order valence-electron chi connectivity index (χ1n) is 4.77. The summed E-state index contributed by atoms with van der Waals surface area (Å²) in [6.45, 7) is 2.64. The van der Waals surface area contributed by atoms with Crippen molar-refractivity contribution in [1.29, 1.82) is 0 Å². The maximum absolute atomic E-state index is 4.12.